The van der Waals surface area contributed by atoms with Crippen LogP contribution in [-0.4, -0.2) is 56.7 Å². The fourth-order valence-corrected chi connectivity index (χ4v) is 4.78. The first-order valence-corrected chi connectivity index (χ1v) is 12.3. The molecule has 3 aromatic rings. The lowest BCUT2D eigenvalue weighted by atomic mass is 9.94. The summed E-state index contributed by atoms with van der Waals surface area (Å²) in [4.78, 5) is 50.7. The Labute approximate surface area is 192 Å². The standard InChI is InChI=1S/C23H27N4O5P/c1-32-22-21-18(13-20(25-22)26-10-7-16(8-11-26)9-12-33(30)31)14-24-27(23(21)29)15-19(28)17-5-3-2-4-6-17/h2-6,13-14,16,30-31H,7-12,15H2,1H3. The van der Waals surface area contributed by atoms with E-state index in [0.717, 1.165) is 37.0 Å². The third-order valence-corrected chi connectivity index (χ3v) is 6.70. The summed E-state index contributed by atoms with van der Waals surface area (Å²) < 4.78 is 6.60. The molecule has 0 spiro atoms. The third-order valence-electron chi connectivity index (χ3n) is 6.05. The van der Waals surface area contributed by atoms with Crippen molar-refractivity contribution in [2.24, 2.45) is 5.92 Å². The Morgan fingerprint density at radius 2 is 1.94 bits per heavy atom. The van der Waals surface area contributed by atoms with Crippen molar-refractivity contribution in [1.82, 2.24) is 14.8 Å². The molecule has 0 saturated carbocycles. The van der Waals surface area contributed by atoms with Gasteiger partial charge in [0.2, 0.25) is 5.88 Å². The van der Waals surface area contributed by atoms with E-state index in [1.807, 2.05) is 12.1 Å². The molecule has 4 rings (SSSR count). The van der Waals surface area contributed by atoms with Gasteiger partial charge in [-0.3, -0.25) is 9.59 Å². The van der Waals surface area contributed by atoms with Crippen LogP contribution in [0.1, 0.15) is 29.6 Å². The molecule has 1 saturated heterocycles. The molecule has 0 unspecified atom stereocenters. The van der Waals surface area contributed by atoms with Crippen molar-refractivity contribution in [3.63, 3.8) is 0 Å². The van der Waals surface area contributed by atoms with Crippen molar-refractivity contribution in [1.29, 1.82) is 0 Å². The van der Waals surface area contributed by atoms with Crippen LogP contribution < -0.4 is 15.2 Å². The van der Waals surface area contributed by atoms with Crippen LogP contribution in [0, 0.1) is 5.92 Å². The van der Waals surface area contributed by atoms with Gasteiger partial charge in [-0.05, 0) is 31.2 Å². The highest BCUT2D eigenvalue weighted by Gasteiger charge is 2.23. The van der Waals surface area contributed by atoms with Crippen LogP contribution in [-0.2, 0) is 6.54 Å². The summed E-state index contributed by atoms with van der Waals surface area (Å²) in [6.07, 6.45) is 4.71. The second kappa shape index (κ2) is 10.4. The molecule has 0 atom stereocenters. The highest BCUT2D eigenvalue weighted by atomic mass is 31.2. The minimum absolute atomic E-state index is 0.166. The van der Waals surface area contributed by atoms with E-state index in [9.17, 15) is 9.59 Å². The van der Waals surface area contributed by atoms with Gasteiger partial charge >= 0.3 is 0 Å². The van der Waals surface area contributed by atoms with E-state index in [4.69, 9.17) is 14.5 Å². The van der Waals surface area contributed by atoms with Gasteiger partial charge in [0.15, 0.2) is 14.2 Å². The first-order valence-electron chi connectivity index (χ1n) is 10.9. The molecule has 174 valence electrons. The first kappa shape index (κ1) is 23.3. The number of carbonyl (C=O) groups excluding carboxylic acids is 1. The number of benzene rings is 1. The molecule has 1 aliphatic heterocycles. The lowest BCUT2D eigenvalue weighted by Crippen LogP contribution is -2.34. The lowest BCUT2D eigenvalue weighted by molar-refractivity contribution is 0.0966. The molecule has 1 fully saturated rings. The van der Waals surface area contributed by atoms with E-state index in [2.05, 4.69) is 15.0 Å². The molecule has 10 heteroatoms. The van der Waals surface area contributed by atoms with E-state index in [-0.39, 0.29) is 18.2 Å². The average Bonchev–Trinajstić information content (AvgIpc) is 2.84. The molecule has 1 aromatic carbocycles. The van der Waals surface area contributed by atoms with Gasteiger partial charge in [0.25, 0.3) is 5.56 Å². The number of carbonyl (C=O) groups is 1. The summed E-state index contributed by atoms with van der Waals surface area (Å²) in [5.41, 5.74) is 0.0978. The Morgan fingerprint density at radius 3 is 2.61 bits per heavy atom. The molecule has 9 nitrogen and oxygen atoms in total. The number of pyridine rings is 1. The molecule has 0 aliphatic carbocycles. The highest BCUT2D eigenvalue weighted by molar-refractivity contribution is 7.45. The van der Waals surface area contributed by atoms with Crippen molar-refractivity contribution < 1.29 is 19.3 Å². The van der Waals surface area contributed by atoms with E-state index in [0.29, 0.717) is 34.2 Å². The summed E-state index contributed by atoms with van der Waals surface area (Å²) in [7, 11) is -0.363. The van der Waals surface area contributed by atoms with Gasteiger partial charge in [-0.2, -0.15) is 10.1 Å². The Hall–Kier alpha value is -2.87. The van der Waals surface area contributed by atoms with E-state index >= 15 is 0 Å². The van der Waals surface area contributed by atoms with Crippen LogP contribution in [0.5, 0.6) is 5.88 Å². The quantitative estimate of drug-likeness (QED) is 0.381. The van der Waals surface area contributed by atoms with Crippen LogP contribution in [0.3, 0.4) is 0 Å². The Balaban J connectivity index is 1.56. The minimum atomic E-state index is -1.83. The molecule has 1 aliphatic rings. The number of nitrogens with zero attached hydrogens (tertiary/aromatic N) is 4. The largest absolute Gasteiger partial charge is 0.480 e. The predicted octanol–water partition coefficient (Wildman–Crippen LogP) is 2.59. The van der Waals surface area contributed by atoms with E-state index in [1.54, 1.807) is 30.5 Å². The topological polar surface area (TPSA) is 118 Å². The zero-order valence-electron chi connectivity index (χ0n) is 18.4. The third kappa shape index (κ3) is 5.38. The summed E-state index contributed by atoms with van der Waals surface area (Å²) in [5.74, 6) is 1.18. The van der Waals surface area contributed by atoms with Gasteiger partial charge in [0.05, 0.1) is 13.3 Å². The Bertz CT molecular complexity index is 1180. The number of anilines is 1. The smallest absolute Gasteiger partial charge is 0.280 e. The van der Waals surface area contributed by atoms with Crippen LogP contribution in [0.4, 0.5) is 5.82 Å². The van der Waals surface area contributed by atoms with Gasteiger partial charge < -0.3 is 19.4 Å². The van der Waals surface area contributed by atoms with Gasteiger partial charge in [0.1, 0.15) is 17.7 Å². The Kier molecular flexibility index (Phi) is 7.33. The minimum Gasteiger partial charge on any atom is -0.480 e. The van der Waals surface area contributed by atoms with Crippen LogP contribution in [0.2, 0.25) is 0 Å². The molecule has 33 heavy (non-hydrogen) atoms. The number of Topliss-reactive ketones (excluding diaryl/α,β-unsaturated/α-hetero) is 1. The van der Waals surface area contributed by atoms with Gasteiger partial charge in [0, 0.05) is 30.2 Å². The lowest BCUT2D eigenvalue weighted by Gasteiger charge is -2.33. The summed E-state index contributed by atoms with van der Waals surface area (Å²) in [5, 5.41) is 5.13. The monoisotopic (exact) mass is 470 g/mol. The first-order chi connectivity index (χ1) is 16.0. The number of methoxy groups -OCH3 is 1. The molecular formula is C23H27N4O5P. The second-order valence-electron chi connectivity index (χ2n) is 8.17. The summed E-state index contributed by atoms with van der Waals surface area (Å²) >= 11 is 0. The number of fused-ring (bicyclic) bond motifs is 1. The van der Waals surface area contributed by atoms with Crippen LogP contribution in [0.25, 0.3) is 10.8 Å². The molecule has 2 aromatic heterocycles. The van der Waals surface area contributed by atoms with Gasteiger partial charge in [-0.1, -0.05) is 30.3 Å². The average molecular weight is 470 g/mol. The molecule has 3 heterocycles. The van der Waals surface area contributed by atoms with Gasteiger partial charge in [-0.25, -0.2) is 4.68 Å². The van der Waals surface area contributed by atoms with E-state index < -0.39 is 13.9 Å². The zero-order chi connectivity index (χ0) is 23.4. The maximum atomic E-state index is 13.1. The molecule has 0 radical (unpaired) electrons. The van der Waals surface area contributed by atoms with Crippen molar-refractivity contribution in [3.05, 3.63) is 58.5 Å². The number of hydrogen-bond donors (Lipinski definition) is 2. The molecule has 0 amide bonds. The maximum Gasteiger partial charge on any atom is 0.280 e. The number of rotatable bonds is 8. The number of ether oxygens (including phenoxy) is 1. The molecular weight excluding hydrogens is 443 g/mol. The number of aromatic nitrogens is 3. The number of ketones is 1. The number of piperidine rings is 1. The van der Waals surface area contributed by atoms with E-state index in [1.165, 1.54) is 7.11 Å². The molecule has 0 bridgehead atoms. The summed E-state index contributed by atoms with van der Waals surface area (Å²) in [6.45, 7) is 1.41. The fourth-order valence-electron chi connectivity index (χ4n) is 4.18. The molecule has 2 N–H and O–H groups in total. The number of hydrogen-bond acceptors (Lipinski definition) is 8. The zero-order valence-corrected chi connectivity index (χ0v) is 19.3. The highest BCUT2D eigenvalue weighted by Crippen LogP contribution is 2.32. The van der Waals surface area contributed by atoms with Crippen LogP contribution >= 0.6 is 8.38 Å². The Morgan fingerprint density at radius 1 is 1.21 bits per heavy atom. The van der Waals surface area contributed by atoms with Crippen molar-refractivity contribution in [2.45, 2.75) is 25.8 Å². The fraction of sp³-hybridized carbons (Fsp3) is 0.391. The van der Waals surface area contributed by atoms with Crippen molar-refractivity contribution in [3.8, 4) is 5.88 Å². The normalized spacial score (nSPS) is 14.7. The summed E-state index contributed by atoms with van der Waals surface area (Å²) in [6, 6.07) is 10.6. The maximum absolute atomic E-state index is 13.1. The van der Waals surface area contributed by atoms with Crippen LogP contribution in [0.15, 0.2) is 47.4 Å². The van der Waals surface area contributed by atoms with Crippen molar-refractivity contribution >= 4 is 30.7 Å². The van der Waals surface area contributed by atoms with Crippen molar-refractivity contribution in [2.75, 3.05) is 31.3 Å². The van der Waals surface area contributed by atoms with Gasteiger partial charge in [-0.15, -0.1) is 0 Å². The SMILES string of the molecule is COc1nc(N2CCC(CCP(O)O)CC2)cc2cnn(CC(=O)c3ccccc3)c(=O)c12. The predicted molar refractivity (Wildman–Crippen MR) is 127 cm³/mol. The second-order valence-corrected chi connectivity index (χ2v) is 9.36.